The van der Waals surface area contributed by atoms with Gasteiger partial charge in [-0.2, -0.15) is 0 Å². The number of carbonyl (C=O) groups excluding carboxylic acids is 1. The van der Waals surface area contributed by atoms with Crippen molar-refractivity contribution in [1.82, 2.24) is 20.2 Å². The number of para-hydroxylation sites is 1. The van der Waals surface area contributed by atoms with Crippen molar-refractivity contribution in [2.45, 2.75) is 43.6 Å². The number of nitrogens with zero attached hydrogens (tertiary/aromatic N) is 2. The Kier molecular flexibility index (Phi) is 6.69. The first-order chi connectivity index (χ1) is 17.1. The predicted molar refractivity (Wildman–Crippen MR) is 142 cm³/mol. The monoisotopic (exact) mass is 466 g/mol. The second-order valence-corrected chi connectivity index (χ2v) is 9.88. The number of amides is 1. The molecular weight excluding hydrogens is 432 g/mol. The van der Waals surface area contributed by atoms with E-state index in [2.05, 4.69) is 88.9 Å². The average molecular weight is 467 g/mol. The number of benzene rings is 2. The highest BCUT2D eigenvalue weighted by atomic mass is 16.1. The second-order valence-electron chi connectivity index (χ2n) is 9.88. The molecule has 180 valence electrons. The smallest absolute Gasteiger partial charge is 0.252 e. The molecule has 0 radical (unpaired) electrons. The second kappa shape index (κ2) is 10.0. The predicted octanol–water partition coefficient (Wildman–Crippen LogP) is 5.65. The van der Waals surface area contributed by atoms with Crippen molar-refractivity contribution in [2.24, 2.45) is 0 Å². The van der Waals surface area contributed by atoms with Gasteiger partial charge < -0.3 is 10.3 Å². The summed E-state index contributed by atoms with van der Waals surface area (Å²) in [6, 6.07) is 23.1. The quantitative estimate of drug-likeness (QED) is 0.370. The van der Waals surface area contributed by atoms with Gasteiger partial charge in [0.05, 0.1) is 5.56 Å². The minimum Gasteiger partial charge on any atom is -0.358 e. The van der Waals surface area contributed by atoms with Crippen LogP contribution < -0.4 is 5.32 Å². The fourth-order valence-electron chi connectivity index (χ4n) is 5.87. The number of nitrogens with one attached hydrogen (secondary N) is 2. The fraction of sp³-hybridized carbons (Fsp3) is 0.333. The fourth-order valence-corrected chi connectivity index (χ4v) is 5.87. The van der Waals surface area contributed by atoms with Gasteiger partial charge in [0.2, 0.25) is 0 Å². The topological polar surface area (TPSA) is 61.0 Å². The van der Waals surface area contributed by atoms with E-state index < -0.39 is 0 Å². The Bertz CT molecular complexity index is 1270. The molecule has 35 heavy (non-hydrogen) atoms. The van der Waals surface area contributed by atoms with E-state index in [9.17, 15) is 4.79 Å². The summed E-state index contributed by atoms with van der Waals surface area (Å²) in [7, 11) is 4.43. The lowest BCUT2D eigenvalue weighted by Gasteiger charge is -2.45. The molecule has 5 rings (SSSR count). The minimum atomic E-state index is -0.0733. The van der Waals surface area contributed by atoms with Gasteiger partial charge in [-0.15, -0.1) is 0 Å². The normalized spacial score (nSPS) is 20.3. The van der Waals surface area contributed by atoms with Crippen LogP contribution in [0.15, 0.2) is 79.1 Å². The molecule has 0 saturated heterocycles. The Balaban J connectivity index is 1.35. The lowest BCUT2D eigenvalue weighted by Crippen LogP contribution is -2.44. The molecule has 1 saturated carbocycles. The summed E-state index contributed by atoms with van der Waals surface area (Å²) in [5.41, 5.74) is 5.97. The van der Waals surface area contributed by atoms with Crippen molar-refractivity contribution in [2.75, 3.05) is 20.6 Å². The third kappa shape index (κ3) is 4.61. The van der Waals surface area contributed by atoms with Crippen LogP contribution in [0.4, 0.5) is 0 Å². The van der Waals surface area contributed by atoms with E-state index in [4.69, 9.17) is 0 Å². The van der Waals surface area contributed by atoms with Crippen LogP contribution >= 0.6 is 0 Å². The molecule has 5 nitrogen and oxygen atoms in total. The SMILES string of the molecule is CN(C)C1(c2ccccc2)CCC(c2[nH]c3ccccc3c2CCNC(=O)c2cccnc2)CC1. The Morgan fingerprint density at radius 2 is 1.77 bits per heavy atom. The number of pyridine rings is 1. The summed E-state index contributed by atoms with van der Waals surface area (Å²) in [5, 5.41) is 4.35. The summed E-state index contributed by atoms with van der Waals surface area (Å²) >= 11 is 0. The summed E-state index contributed by atoms with van der Waals surface area (Å²) < 4.78 is 0. The number of aromatic amines is 1. The molecule has 1 aliphatic rings. The molecule has 1 amide bonds. The van der Waals surface area contributed by atoms with E-state index in [1.165, 1.54) is 27.7 Å². The molecule has 2 heterocycles. The van der Waals surface area contributed by atoms with E-state index in [0.29, 0.717) is 18.0 Å². The van der Waals surface area contributed by atoms with Crippen LogP contribution in [0.3, 0.4) is 0 Å². The molecule has 1 aliphatic carbocycles. The number of hydrogen-bond donors (Lipinski definition) is 2. The first-order valence-corrected chi connectivity index (χ1v) is 12.6. The number of H-pyrrole nitrogens is 1. The van der Waals surface area contributed by atoms with Gasteiger partial charge in [-0.05, 0) is 81.4 Å². The van der Waals surface area contributed by atoms with Crippen LogP contribution in [0.2, 0.25) is 0 Å². The minimum absolute atomic E-state index is 0.0733. The van der Waals surface area contributed by atoms with Gasteiger partial charge in [0.25, 0.3) is 5.91 Å². The molecule has 0 aliphatic heterocycles. The molecule has 2 aromatic heterocycles. The van der Waals surface area contributed by atoms with E-state index in [-0.39, 0.29) is 11.4 Å². The molecule has 2 aromatic carbocycles. The highest BCUT2D eigenvalue weighted by Crippen LogP contribution is 2.47. The van der Waals surface area contributed by atoms with Crippen LogP contribution in [-0.2, 0) is 12.0 Å². The summed E-state index contributed by atoms with van der Waals surface area (Å²) in [6.07, 6.45) is 8.62. The van der Waals surface area contributed by atoms with Gasteiger partial charge in [0.15, 0.2) is 0 Å². The molecule has 0 unspecified atom stereocenters. The van der Waals surface area contributed by atoms with Crippen molar-refractivity contribution in [3.05, 3.63) is 102 Å². The number of aromatic nitrogens is 2. The highest BCUT2D eigenvalue weighted by Gasteiger charge is 2.39. The zero-order valence-electron chi connectivity index (χ0n) is 20.6. The maximum absolute atomic E-state index is 12.5. The first-order valence-electron chi connectivity index (χ1n) is 12.6. The third-order valence-corrected chi connectivity index (χ3v) is 7.82. The highest BCUT2D eigenvalue weighted by molar-refractivity contribution is 5.93. The molecular formula is C30H34N4O. The number of carbonyl (C=O) groups is 1. The molecule has 0 atom stereocenters. The molecule has 2 N–H and O–H groups in total. The van der Waals surface area contributed by atoms with Crippen molar-refractivity contribution < 1.29 is 4.79 Å². The zero-order valence-corrected chi connectivity index (χ0v) is 20.6. The first kappa shape index (κ1) is 23.3. The molecule has 0 spiro atoms. The lowest BCUT2D eigenvalue weighted by atomic mass is 9.70. The molecule has 5 heteroatoms. The van der Waals surface area contributed by atoms with Crippen LogP contribution in [0.25, 0.3) is 10.9 Å². The average Bonchev–Trinajstić information content (AvgIpc) is 3.28. The number of rotatable bonds is 7. The Morgan fingerprint density at radius 1 is 1.03 bits per heavy atom. The summed E-state index contributed by atoms with van der Waals surface area (Å²) in [4.78, 5) is 22.8. The van der Waals surface area contributed by atoms with Gasteiger partial charge in [0, 0.05) is 41.1 Å². The van der Waals surface area contributed by atoms with E-state index in [1.807, 2.05) is 0 Å². The van der Waals surface area contributed by atoms with Gasteiger partial charge in [0.1, 0.15) is 0 Å². The van der Waals surface area contributed by atoms with Crippen LogP contribution in [0, 0.1) is 0 Å². The zero-order chi connectivity index (χ0) is 24.3. The largest absolute Gasteiger partial charge is 0.358 e. The standard InChI is InChI=1S/C30H34N4O/c1-34(2)30(24-10-4-3-5-11-24)17-14-22(15-18-30)28-26(25-12-6-7-13-27(25)33-28)16-20-32-29(35)23-9-8-19-31-21-23/h3-13,19,21-22,33H,14-18,20H2,1-2H3,(H,32,35). The maximum atomic E-state index is 12.5. The van der Waals surface area contributed by atoms with Crippen molar-refractivity contribution in [3.63, 3.8) is 0 Å². The molecule has 0 bridgehead atoms. The van der Waals surface area contributed by atoms with E-state index >= 15 is 0 Å². The van der Waals surface area contributed by atoms with Crippen molar-refractivity contribution >= 4 is 16.8 Å². The van der Waals surface area contributed by atoms with Crippen LogP contribution in [0.1, 0.15) is 58.8 Å². The Labute approximate surface area is 207 Å². The Morgan fingerprint density at radius 3 is 2.49 bits per heavy atom. The van der Waals surface area contributed by atoms with Crippen LogP contribution in [-0.4, -0.2) is 41.4 Å². The van der Waals surface area contributed by atoms with Crippen LogP contribution in [0.5, 0.6) is 0 Å². The summed E-state index contributed by atoms with van der Waals surface area (Å²) in [6.45, 7) is 0.598. The van der Waals surface area contributed by atoms with E-state index in [0.717, 1.165) is 32.1 Å². The van der Waals surface area contributed by atoms with Gasteiger partial charge in [-0.1, -0.05) is 48.5 Å². The molecule has 1 fully saturated rings. The summed E-state index contributed by atoms with van der Waals surface area (Å²) in [5.74, 6) is 0.416. The molecule has 4 aromatic rings. The number of fused-ring (bicyclic) bond motifs is 1. The van der Waals surface area contributed by atoms with Crippen molar-refractivity contribution in [3.8, 4) is 0 Å². The van der Waals surface area contributed by atoms with Gasteiger partial charge in [-0.3, -0.25) is 14.7 Å². The maximum Gasteiger partial charge on any atom is 0.252 e. The number of hydrogen-bond acceptors (Lipinski definition) is 3. The Hall–Kier alpha value is -3.44. The van der Waals surface area contributed by atoms with Gasteiger partial charge >= 0.3 is 0 Å². The lowest BCUT2D eigenvalue weighted by molar-refractivity contribution is 0.0903. The van der Waals surface area contributed by atoms with Gasteiger partial charge in [-0.25, -0.2) is 0 Å². The van der Waals surface area contributed by atoms with Crippen molar-refractivity contribution in [1.29, 1.82) is 0 Å². The third-order valence-electron chi connectivity index (χ3n) is 7.82. The van der Waals surface area contributed by atoms with E-state index in [1.54, 1.807) is 24.5 Å².